The van der Waals surface area contributed by atoms with E-state index in [1.165, 1.54) is 0 Å². The summed E-state index contributed by atoms with van der Waals surface area (Å²) in [5, 5.41) is 3.03. The van der Waals surface area contributed by atoms with Gasteiger partial charge in [-0.1, -0.05) is 6.92 Å². The standard InChI is InChI=1S/C12H18N3O2S.K/c1-3-8-15(2)9-10-18(16)17-12-6-4-11(14-13)5-7-12;/h4-7H,3,8-10H2,1-2H3;/q-1;+1. The van der Waals surface area contributed by atoms with Gasteiger partial charge in [0.2, 0.25) is 11.1 Å². The SMILES string of the molecule is CCCN(C)CCS(=O)Oc1ccc(N=[N-])cc1.[K+]. The number of nitrogens with zero attached hydrogens (tertiary/aromatic N) is 3. The van der Waals surface area contributed by atoms with E-state index in [9.17, 15) is 4.21 Å². The zero-order valence-electron chi connectivity index (χ0n) is 11.7. The van der Waals surface area contributed by atoms with Gasteiger partial charge in [-0.3, -0.25) is 0 Å². The van der Waals surface area contributed by atoms with Crippen molar-refractivity contribution in [3.05, 3.63) is 29.8 Å². The number of rotatable bonds is 8. The van der Waals surface area contributed by atoms with E-state index >= 15 is 0 Å². The van der Waals surface area contributed by atoms with Crippen molar-refractivity contribution in [1.29, 1.82) is 0 Å². The maximum absolute atomic E-state index is 11.7. The molecule has 0 radical (unpaired) electrons. The van der Waals surface area contributed by atoms with Gasteiger partial charge in [-0.2, -0.15) is 0 Å². The molecule has 0 saturated carbocycles. The first-order valence-electron chi connectivity index (χ1n) is 5.86. The Labute approximate surface area is 159 Å². The van der Waals surface area contributed by atoms with E-state index in [-0.39, 0.29) is 51.4 Å². The first-order chi connectivity index (χ1) is 8.65. The van der Waals surface area contributed by atoms with Crippen LogP contribution < -0.4 is 55.6 Å². The number of hydrogen-bond donors (Lipinski definition) is 0. The van der Waals surface area contributed by atoms with Gasteiger partial charge in [0.25, 0.3) is 0 Å². The molecule has 0 N–H and O–H groups in total. The third-order valence-electron chi connectivity index (χ3n) is 2.39. The average Bonchev–Trinajstić information content (AvgIpc) is 2.38. The summed E-state index contributed by atoms with van der Waals surface area (Å²) >= 11 is -1.34. The van der Waals surface area contributed by atoms with Gasteiger partial charge in [0.1, 0.15) is 5.75 Å². The van der Waals surface area contributed by atoms with Crippen LogP contribution in [0.25, 0.3) is 5.53 Å². The van der Waals surface area contributed by atoms with E-state index in [2.05, 4.69) is 16.9 Å². The van der Waals surface area contributed by atoms with Crippen LogP contribution >= 0.6 is 0 Å². The molecule has 0 fully saturated rings. The third-order valence-corrected chi connectivity index (χ3v) is 3.28. The normalized spacial score (nSPS) is 11.7. The molecular formula is C12H18KN3O2S. The maximum Gasteiger partial charge on any atom is 1.00 e. The number of hydrogen-bond acceptors (Lipinski definition) is 4. The van der Waals surface area contributed by atoms with E-state index < -0.39 is 11.1 Å². The Kier molecular flexibility index (Phi) is 11.3. The van der Waals surface area contributed by atoms with E-state index in [1.54, 1.807) is 24.3 Å². The van der Waals surface area contributed by atoms with Gasteiger partial charge in [0, 0.05) is 12.2 Å². The van der Waals surface area contributed by atoms with Crippen LogP contribution in [0.1, 0.15) is 13.3 Å². The predicted molar refractivity (Wildman–Crippen MR) is 73.3 cm³/mol. The molecule has 0 aliphatic heterocycles. The summed E-state index contributed by atoms with van der Waals surface area (Å²) in [6.45, 7) is 3.84. The molecule has 0 aliphatic rings. The molecule has 0 aromatic heterocycles. The van der Waals surface area contributed by atoms with Crippen molar-refractivity contribution in [3.8, 4) is 5.75 Å². The molecule has 0 aliphatic carbocycles. The van der Waals surface area contributed by atoms with Crippen LogP contribution in [-0.4, -0.2) is 35.0 Å². The smallest absolute Gasteiger partial charge is 0.706 e. The van der Waals surface area contributed by atoms with Gasteiger partial charge in [0.15, 0.2) is 0 Å². The molecule has 1 atom stereocenters. The Morgan fingerprint density at radius 3 is 2.47 bits per heavy atom. The summed E-state index contributed by atoms with van der Waals surface area (Å²) in [6.07, 6.45) is 1.08. The molecule has 0 amide bonds. The second kappa shape index (κ2) is 11.1. The van der Waals surface area contributed by atoms with Crippen molar-refractivity contribution in [2.75, 3.05) is 25.9 Å². The summed E-state index contributed by atoms with van der Waals surface area (Å²) in [4.78, 5) is 2.12. The first kappa shape index (κ1) is 19.4. The molecular weight excluding hydrogens is 289 g/mol. The monoisotopic (exact) mass is 307 g/mol. The molecule has 1 aromatic carbocycles. The Balaban J connectivity index is 0.00000324. The van der Waals surface area contributed by atoms with Crippen LogP contribution in [0.3, 0.4) is 0 Å². The van der Waals surface area contributed by atoms with Gasteiger partial charge in [0.05, 0.1) is 5.75 Å². The van der Waals surface area contributed by atoms with E-state index in [0.717, 1.165) is 19.5 Å². The molecule has 5 nitrogen and oxygen atoms in total. The van der Waals surface area contributed by atoms with Crippen molar-refractivity contribution in [3.63, 3.8) is 0 Å². The molecule has 100 valence electrons. The van der Waals surface area contributed by atoms with Gasteiger partial charge < -0.3 is 19.7 Å². The quantitative estimate of drug-likeness (QED) is 0.490. The molecule has 1 rings (SSSR count). The van der Waals surface area contributed by atoms with Crippen LogP contribution in [0.4, 0.5) is 5.69 Å². The predicted octanol–water partition coefficient (Wildman–Crippen LogP) is -0.272. The fraction of sp³-hybridized carbons (Fsp3) is 0.500. The molecule has 0 heterocycles. The Bertz CT molecular complexity index is 400. The maximum atomic E-state index is 11.7. The van der Waals surface area contributed by atoms with E-state index in [4.69, 9.17) is 9.71 Å². The fourth-order valence-corrected chi connectivity index (χ4v) is 2.31. The Hall–Kier alpha value is 0.366. The second-order valence-electron chi connectivity index (χ2n) is 3.99. The minimum atomic E-state index is -1.34. The summed E-state index contributed by atoms with van der Waals surface area (Å²) in [5.41, 5.74) is 8.97. The zero-order chi connectivity index (χ0) is 13.4. The molecule has 1 unspecified atom stereocenters. The van der Waals surface area contributed by atoms with Crippen molar-refractivity contribution in [2.45, 2.75) is 13.3 Å². The summed E-state index contributed by atoms with van der Waals surface area (Å²) in [6, 6.07) is 6.44. The topological polar surface area (TPSA) is 64.2 Å². The molecule has 0 spiro atoms. The molecule has 0 bridgehead atoms. The largest absolute Gasteiger partial charge is 1.00 e. The van der Waals surface area contributed by atoms with Crippen molar-refractivity contribution in [1.82, 2.24) is 4.90 Å². The molecule has 7 heteroatoms. The number of benzene rings is 1. The Morgan fingerprint density at radius 2 is 1.95 bits per heavy atom. The summed E-state index contributed by atoms with van der Waals surface area (Å²) < 4.78 is 16.9. The van der Waals surface area contributed by atoms with Crippen LogP contribution in [0.15, 0.2) is 29.4 Å². The van der Waals surface area contributed by atoms with Crippen LogP contribution in [0.2, 0.25) is 0 Å². The fourth-order valence-electron chi connectivity index (χ4n) is 1.44. The summed E-state index contributed by atoms with van der Waals surface area (Å²) in [5.74, 6) is 0.988. The van der Waals surface area contributed by atoms with Gasteiger partial charge in [-0.05, 0) is 44.3 Å². The van der Waals surface area contributed by atoms with Crippen LogP contribution in [0, 0.1) is 0 Å². The van der Waals surface area contributed by atoms with Crippen LogP contribution in [0.5, 0.6) is 5.75 Å². The Morgan fingerprint density at radius 1 is 1.32 bits per heavy atom. The minimum Gasteiger partial charge on any atom is -0.706 e. The average molecular weight is 307 g/mol. The molecule has 1 aromatic rings. The van der Waals surface area contributed by atoms with E-state index in [0.29, 0.717) is 17.2 Å². The summed E-state index contributed by atoms with van der Waals surface area (Å²) in [7, 11) is 2.00. The second-order valence-corrected chi connectivity index (χ2v) is 5.17. The van der Waals surface area contributed by atoms with E-state index in [1.807, 2.05) is 7.05 Å². The van der Waals surface area contributed by atoms with Crippen molar-refractivity contribution in [2.24, 2.45) is 5.11 Å². The van der Waals surface area contributed by atoms with Gasteiger partial charge in [-0.15, -0.1) is 0 Å². The third kappa shape index (κ3) is 8.29. The van der Waals surface area contributed by atoms with Gasteiger partial charge in [-0.25, -0.2) is 4.21 Å². The molecule has 19 heavy (non-hydrogen) atoms. The first-order valence-corrected chi connectivity index (χ1v) is 7.10. The minimum absolute atomic E-state index is 0. The molecule has 0 saturated heterocycles. The van der Waals surface area contributed by atoms with Gasteiger partial charge >= 0.3 is 51.4 Å². The van der Waals surface area contributed by atoms with Crippen molar-refractivity contribution < 1.29 is 59.8 Å². The van der Waals surface area contributed by atoms with Crippen LogP contribution in [-0.2, 0) is 11.1 Å². The zero-order valence-corrected chi connectivity index (χ0v) is 15.6. The van der Waals surface area contributed by atoms with Crippen molar-refractivity contribution >= 4 is 16.8 Å².